The highest BCUT2D eigenvalue weighted by molar-refractivity contribution is 8.14. The van der Waals surface area contributed by atoms with Crippen LogP contribution in [0.2, 0.25) is 0 Å². The number of Topliss-reactive ketones (excluding diaryl/α,β-unsaturated/α-hetero) is 1. The van der Waals surface area contributed by atoms with Crippen molar-refractivity contribution in [2.24, 2.45) is 10.7 Å². The summed E-state index contributed by atoms with van der Waals surface area (Å²) >= 11 is 1.12. The van der Waals surface area contributed by atoms with Crippen molar-refractivity contribution < 1.29 is 18.3 Å². The van der Waals surface area contributed by atoms with Crippen molar-refractivity contribution in [3.05, 3.63) is 53.2 Å². The van der Waals surface area contributed by atoms with Crippen LogP contribution in [0.5, 0.6) is 5.88 Å². The normalized spacial score (nSPS) is 24.1. The smallest absolute Gasteiger partial charge is 0.232 e. The molecule has 0 aliphatic carbocycles. The molecular formula is C20H22F2N4O2S. The first kappa shape index (κ1) is 21.2. The number of thioether (sulfide) groups is 1. The molecule has 0 amide bonds. The summed E-state index contributed by atoms with van der Waals surface area (Å²) in [5, 5.41) is -0.263. The Morgan fingerprint density at radius 2 is 2.10 bits per heavy atom. The SMILES string of the molecule is CCOc1cnc(C(=O)Cc2ccc(F)c([C@@]3(C)N=C(N)S[C@H](C)[C@@H]3F)c2)cn1. The number of ether oxygens (including phenoxy) is 1. The summed E-state index contributed by atoms with van der Waals surface area (Å²) in [6, 6.07) is 4.18. The summed E-state index contributed by atoms with van der Waals surface area (Å²) in [5.41, 5.74) is 5.12. The van der Waals surface area contributed by atoms with Crippen LogP contribution in [0.25, 0.3) is 0 Å². The third-order valence-corrected chi connectivity index (χ3v) is 5.69. The number of aliphatic imine (C=N–C) groups is 1. The van der Waals surface area contributed by atoms with Crippen LogP contribution in [0.1, 0.15) is 42.4 Å². The van der Waals surface area contributed by atoms with E-state index < -0.39 is 22.8 Å². The number of carbonyl (C=O) groups excluding carboxylic acids is 1. The first-order chi connectivity index (χ1) is 13.7. The van der Waals surface area contributed by atoms with E-state index in [2.05, 4.69) is 15.0 Å². The Morgan fingerprint density at radius 3 is 2.76 bits per heavy atom. The van der Waals surface area contributed by atoms with Crippen LogP contribution < -0.4 is 10.5 Å². The maximum atomic E-state index is 15.0. The van der Waals surface area contributed by atoms with E-state index in [1.54, 1.807) is 6.92 Å². The Hall–Kier alpha value is -2.55. The largest absolute Gasteiger partial charge is 0.477 e. The predicted octanol–water partition coefficient (Wildman–Crippen LogP) is 3.44. The molecule has 0 saturated heterocycles. The minimum absolute atomic E-state index is 0.0352. The van der Waals surface area contributed by atoms with Crippen LogP contribution in [0.3, 0.4) is 0 Å². The molecule has 1 aliphatic heterocycles. The van der Waals surface area contributed by atoms with E-state index in [-0.39, 0.29) is 28.6 Å². The fraction of sp³-hybridized carbons (Fsp3) is 0.400. The zero-order valence-corrected chi connectivity index (χ0v) is 17.2. The van der Waals surface area contributed by atoms with Crippen molar-refractivity contribution in [1.29, 1.82) is 0 Å². The van der Waals surface area contributed by atoms with Gasteiger partial charge in [0, 0.05) is 17.2 Å². The standard InChI is InChI=1S/C20H22F2N4O2S/c1-4-28-17-10-24-15(9-25-17)16(27)8-12-5-6-14(21)13(7-12)20(3)18(22)11(2)29-19(23)26-20/h5-7,9-11,18H,4,8H2,1-3H3,(H2,23,26)/t11-,18+,20-/m1/s1. The Balaban J connectivity index is 1.87. The van der Waals surface area contributed by atoms with E-state index in [4.69, 9.17) is 10.5 Å². The second-order valence-corrected chi connectivity index (χ2v) is 8.31. The first-order valence-electron chi connectivity index (χ1n) is 9.17. The van der Waals surface area contributed by atoms with Crippen molar-refractivity contribution in [3.63, 3.8) is 0 Å². The zero-order chi connectivity index (χ0) is 21.2. The molecule has 29 heavy (non-hydrogen) atoms. The van der Waals surface area contributed by atoms with Crippen LogP contribution >= 0.6 is 11.8 Å². The molecule has 0 radical (unpaired) electrons. The molecule has 0 saturated carbocycles. The number of ketones is 1. The van der Waals surface area contributed by atoms with Gasteiger partial charge in [0.25, 0.3) is 0 Å². The van der Waals surface area contributed by atoms with Crippen molar-refractivity contribution in [2.45, 2.75) is 44.2 Å². The third-order valence-electron chi connectivity index (χ3n) is 4.75. The Kier molecular flexibility index (Phi) is 6.16. The van der Waals surface area contributed by atoms with Gasteiger partial charge in [-0.15, -0.1) is 0 Å². The molecule has 1 aromatic heterocycles. The zero-order valence-electron chi connectivity index (χ0n) is 16.4. The molecule has 3 rings (SSSR count). The molecular weight excluding hydrogens is 398 g/mol. The lowest BCUT2D eigenvalue weighted by Gasteiger charge is -2.37. The maximum Gasteiger partial charge on any atom is 0.232 e. The highest BCUT2D eigenvalue weighted by Crippen LogP contribution is 2.42. The van der Waals surface area contributed by atoms with Gasteiger partial charge in [0.05, 0.1) is 19.0 Å². The molecule has 3 atom stereocenters. The van der Waals surface area contributed by atoms with Crippen molar-refractivity contribution in [1.82, 2.24) is 9.97 Å². The van der Waals surface area contributed by atoms with Crippen LogP contribution in [0.15, 0.2) is 35.6 Å². The summed E-state index contributed by atoms with van der Waals surface area (Å²) < 4.78 is 34.8. The number of hydrogen-bond donors (Lipinski definition) is 1. The van der Waals surface area contributed by atoms with Crippen molar-refractivity contribution in [2.75, 3.05) is 6.61 Å². The quantitative estimate of drug-likeness (QED) is 0.720. The summed E-state index contributed by atoms with van der Waals surface area (Å²) in [7, 11) is 0. The maximum absolute atomic E-state index is 15.0. The number of benzene rings is 1. The van der Waals surface area contributed by atoms with Gasteiger partial charge in [0.1, 0.15) is 23.2 Å². The summed E-state index contributed by atoms with van der Waals surface area (Å²) in [6.45, 7) is 5.46. The number of rotatable bonds is 6. The summed E-state index contributed by atoms with van der Waals surface area (Å²) in [4.78, 5) is 24.8. The lowest BCUT2D eigenvalue weighted by molar-refractivity contribution is 0.0987. The van der Waals surface area contributed by atoms with Gasteiger partial charge >= 0.3 is 0 Å². The molecule has 0 spiro atoms. The van der Waals surface area contributed by atoms with Crippen molar-refractivity contribution >= 4 is 22.7 Å². The molecule has 154 valence electrons. The molecule has 1 aromatic carbocycles. The molecule has 9 heteroatoms. The topological polar surface area (TPSA) is 90.5 Å². The fourth-order valence-electron chi connectivity index (χ4n) is 3.26. The van der Waals surface area contributed by atoms with Gasteiger partial charge in [-0.1, -0.05) is 17.8 Å². The predicted molar refractivity (Wildman–Crippen MR) is 109 cm³/mol. The Labute approximate surface area is 172 Å². The number of hydrogen-bond acceptors (Lipinski definition) is 7. The fourth-order valence-corrected chi connectivity index (χ4v) is 4.27. The van der Waals surface area contributed by atoms with E-state index in [1.807, 2.05) is 6.92 Å². The van der Waals surface area contributed by atoms with Gasteiger partial charge in [0.15, 0.2) is 11.0 Å². The monoisotopic (exact) mass is 420 g/mol. The molecule has 0 unspecified atom stereocenters. The first-order valence-corrected chi connectivity index (χ1v) is 10.1. The van der Waals surface area contributed by atoms with Crippen LogP contribution in [-0.4, -0.2) is 38.9 Å². The molecule has 2 N–H and O–H groups in total. The number of halogens is 2. The highest BCUT2D eigenvalue weighted by Gasteiger charge is 2.45. The van der Waals surface area contributed by atoms with E-state index in [0.29, 0.717) is 18.1 Å². The third kappa shape index (κ3) is 4.39. The number of nitrogens with two attached hydrogens (primary N) is 1. The molecule has 2 heterocycles. The van der Waals surface area contributed by atoms with Crippen molar-refractivity contribution in [3.8, 4) is 5.88 Å². The minimum atomic E-state index is -1.46. The van der Waals surface area contributed by atoms with Gasteiger partial charge < -0.3 is 10.5 Å². The summed E-state index contributed by atoms with van der Waals surface area (Å²) in [5.74, 6) is -0.562. The summed E-state index contributed by atoms with van der Waals surface area (Å²) in [6.07, 6.45) is 1.24. The number of alkyl halides is 1. The van der Waals surface area contributed by atoms with E-state index in [0.717, 1.165) is 11.8 Å². The second-order valence-electron chi connectivity index (χ2n) is 6.91. The van der Waals surface area contributed by atoms with Gasteiger partial charge in [-0.05, 0) is 38.5 Å². The van der Waals surface area contributed by atoms with Gasteiger partial charge in [-0.2, -0.15) is 0 Å². The average Bonchev–Trinajstić information content (AvgIpc) is 2.68. The number of amidine groups is 1. The number of nitrogens with zero attached hydrogens (tertiary/aromatic N) is 3. The van der Waals surface area contributed by atoms with Gasteiger partial charge in [-0.25, -0.2) is 23.7 Å². The second kappa shape index (κ2) is 8.44. The lowest BCUT2D eigenvalue weighted by Crippen LogP contribution is -2.44. The highest BCUT2D eigenvalue weighted by atomic mass is 32.2. The Morgan fingerprint density at radius 1 is 1.34 bits per heavy atom. The lowest BCUT2D eigenvalue weighted by atomic mass is 9.84. The minimum Gasteiger partial charge on any atom is -0.477 e. The molecule has 6 nitrogen and oxygen atoms in total. The van der Waals surface area contributed by atoms with E-state index in [9.17, 15) is 13.6 Å². The van der Waals surface area contributed by atoms with E-state index >= 15 is 0 Å². The average molecular weight is 420 g/mol. The van der Waals surface area contributed by atoms with Crippen LogP contribution in [-0.2, 0) is 12.0 Å². The molecule has 1 aliphatic rings. The number of aromatic nitrogens is 2. The number of carbonyl (C=O) groups is 1. The van der Waals surface area contributed by atoms with Crippen LogP contribution in [0.4, 0.5) is 8.78 Å². The van der Waals surface area contributed by atoms with Gasteiger partial charge in [0.2, 0.25) is 5.88 Å². The molecule has 2 aromatic rings. The van der Waals surface area contributed by atoms with Gasteiger partial charge in [-0.3, -0.25) is 4.79 Å². The Bertz CT molecular complexity index is 939. The van der Waals surface area contributed by atoms with E-state index in [1.165, 1.54) is 37.5 Å². The molecule has 0 fully saturated rings. The molecule has 0 bridgehead atoms. The van der Waals surface area contributed by atoms with Crippen LogP contribution in [0, 0.1) is 5.82 Å².